The Labute approximate surface area is 123 Å². The number of aliphatic hydroxyl groups is 3. The van der Waals surface area contributed by atoms with Gasteiger partial charge in [0.2, 0.25) is 11.7 Å². The molecule has 4 atom stereocenters. The third-order valence-corrected chi connectivity index (χ3v) is 3.63. The van der Waals surface area contributed by atoms with Crippen molar-refractivity contribution in [1.82, 2.24) is 14.5 Å². The zero-order valence-corrected chi connectivity index (χ0v) is 11.7. The number of anilines is 1. The molecule has 3 rings (SSSR count). The van der Waals surface area contributed by atoms with Crippen molar-refractivity contribution < 1.29 is 24.6 Å². The number of nitrogen functional groups attached to an aromatic ring is 1. The lowest BCUT2D eigenvalue weighted by Crippen LogP contribution is -2.46. The van der Waals surface area contributed by atoms with Gasteiger partial charge in [-0.1, -0.05) is 11.6 Å². The number of nitrogens with zero attached hydrogens (tertiary/aromatic N) is 3. The Morgan fingerprint density at radius 3 is 2.82 bits per heavy atom. The van der Waals surface area contributed by atoms with Gasteiger partial charge in [-0.15, -0.1) is 0 Å². The fraction of sp³-hybridized carbons (Fsp3) is 0.417. The van der Waals surface area contributed by atoms with Crippen LogP contribution in [-0.4, -0.2) is 48.2 Å². The molecule has 2 aromatic heterocycles. The van der Waals surface area contributed by atoms with E-state index in [1.165, 1.54) is 15.5 Å². The molecular weight excluding hydrogens is 294 g/mol. The van der Waals surface area contributed by atoms with Crippen LogP contribution in [0.1, 0.15) is 6.23 Å². The van der Waals surface area contributed by atoms with Gasteiger partial charge < -0.3 is 25.8 Å². The Kier molecular flexibility index (Phi) is 3.16. The van der Waals surface area contributed by atoms with E-state index in [0.717, 1.165) is 0 Å². The second kappa shape index (κ2) is 4.80. The summed E-state index contributed by atoms with van der Waals surface area (Å²) in [5.41, 5.74) is 5.51. The van der Waals surface area contributed by atoms with Gasteiger partial charge in [0, 0.05) is 0 Å². The maximum absolute atomic E-state index is 12.0. The first-order chi connectivity index (χ1) is 10.3. The first kappa shape index (κ1) is 14.5. The van der Waals surface area contributed by atoms with Gasteiger partial charge in [-0.05, 0) is 0 Å². The summed E-state index contributed by atoms with van der Waals surface area (Å²) >= 11 is 0. The summed E-state index contributed by atoms with van der Waals surface area (Å²) in [6.07, 6.45) is -3.41. The number of ether oxygens (including phenoxy) is 1. The third kappa shape index (κ3) is 1.96. The molecule has 10 nitrogen and oxygen atoms in total. The molecule has 0 aliphatic carbocycles. The second-order valence-electron chi connectivity index (χ2n) is 5.18. The highest BCUT2D eigenvalue weighted by Gasteiger charge is 2.48. The van der Waals surface area contributed by atoms with E-state index in [2.05, 4.69) is 16.5 Å². The standard InChI is InChI=1S/C12H15N5O5/c1-4(18)8-6(19)7(20)11(22-8)17-3-16(2)5-9(17)14-12(13)15-10(5)21/h3,6-8,11,19-20H,1H2,2H3,(H3-,13,14,15,18,21)/p+1/t6-,7+,8+,11+/m0/s1. The van der Waals surface area contributed by atoms with E-state index >= 15 is 0 Å². The first-order valence-electron chi connectivity index (χ1n) is 6.46. The van der Waals surface area contributed by atoms with Crippen molar-refractivity contribution in [2.45, 2.75) is 24.5 Å². The topological polar surface area (TPSA) is 150 Å². The predicted molar refractivity (Wildman–Crippen MR) is 73.6 cm³/mol. The minimum Gasteiger partial charge on any atom is -0.510 e. The predicted octanol–water partition coefficient (Wildman–Crippen LogP) is -2.18. The molecule has 1 saturated heterocycles. The average molecular weight is 310 g/mol. The van der Waals surface area contributed by atoms with Crippen LogP contribution in [0.3, 0.4) is 0 Å². The van der Waals surface area contributed by atoms with Crippen molar-refractivity contribution in [3.63, 3.8) is 0 Å². The number of H-pyrrole nitrogens is 1. The molecule has 118 valence electrons. The summed E-state index contributed by atoms with van der Waals surface area (Å²) in [6.45, 7) is 3.30. The number of imidazole rings is 1. The summed E-state index contributed by atoms with van der Waals surface area (Å²) < 4.78 is 8.30. The maximum Gasteiger partial charge on any atom is 0.313 e. The minimum absolute atomic E-state index is 0.0893. The molecule has 1 aliphatic rings. The molecule has 0 unspecified atom stereocenters. The molecule has 10 heteroatoms. The van der Waals surface area contributed by atoms with Crippen LogP contribution in [0.5, 0.6) is 0 Å². The van der Waals surface area contributed by atoms with Gasteiger partial charge in [-0.2, -0.15) is 0 Å². The smallest absolute Gasteiger partial charge is 0.313 e. The van der Waals surface area contributed by atoms with E-state index in [4.69, 9.17) is 10.5 Å². The fourth-order valence-electron chi connectivity index (χ4n) is 2.62. The molecule has 1 aliphatic heterocycles. The molecule has 0 saturated carbocycles. The number of nitrogens with one attached hydrogen (secondary N) is 1. The Balaban J connectivity index is 2.15. The highest BCUT2D eigenvalue weighted by molar-refractivity contribution is 5.67. The lowest BCUT2D eigenvalue weighted by molar-refractivity contribution is -0.745. The van der Waals surface area contributed by atoms with Crippen molar-refractivity contribution in [2.24, 2.45) is 7.05 Å². The molecule has 0 aromatic carbocycles. The Hall–Kier alpha value is -2.43. The van der Waals surface area contributed by atoms with E-state index in [9.17, 15) is 20.1 Å². The molecule has 0 bridgehead atoms. The first-order valence-corrected chi connectivity index (χ1v) is 6.46. The average Bonchev–Trinajstić information content (AvgIpc) is 2.89. The molecule has 0 spiro atoms. The number of aryl methyl sites for hydroxylation is 1. The third-order valence-electron chi connectivity index (χ3n) is 3.63. The molecule has 3 heterocycles. The van der Waals surface area contributed by atoms with Gasteiger partial charge in [0.15, 0.2) is 6.33 Å². The SMILES string of the molecule is C=C(O)[C@H]1O[C@@H]([n+]2cn(C)c3c(=O)[nH]c(N)nc32)[C@H](O)[C@@H]1O. The minimum atomic E-state index is -1.36. The zero-order valence-electron chi connectivity index (χ0n) is 11.7. The van der Waals surface area contributed by atoms with Crippen LogP contribution in [0.15, 0.2) is 23.5 Å². The highest BCUT2D eigenvalue weighted by atomic mass is 16.6. The van der Waals surface area contributed by atoms with E-state index < -0.39 is 35.9 Å². The van der Waals surface area contributed by atoms with Crippen molar-refractivity contribution in [1.29, 1.82) is 0 Å². The number of rotatable bonds is 2. The lowest BCUT2D eigenvalue weighted by Gasteiger charge is -2.11. The number of aliphatic hydroxyl groups excluding tert-OH is 3. The monoisotopic (exact) mass is 310 g/mol. The van der Waals surface area contributed by atoms with Crippen molar-refractivity contribution >= 4 is 17.1 Å². The summed E-state index contributed by atoms with van der Waals surface area (Å²) in [5.74, 6) is -0.492. The summed E-state index contributed by atoms with van der Waals surface area (Å²) in [6, 6.07) is 0. The maximum atomic E-state index is 12.0. The van der Waals surface area contributed by atoms with Gasteiger partial charge in [-0.3, -0.25) is 14.3 Å². The number of nitrogens with two attached hydrogens (primary N) is 1. The Bertz CT molecular complexity index is 812. The molecule has 2 aromatic rings. The molecular formula is C12H16N5O5+. The molecule has 0 radical (unpaired) electrons. The normalized spacial score (nSPS) is 28.3. The summed E-state index contributed by atoms with van der Waals surface area (Å²) in [4.78, 5) is 18.4. The number of aromatic nitrogens is 4. The van der Waals surface area contributed by atoms with Crippen molar-refractivity contribution in [3.8, 4) is 0 Å². The summed E-state index contributed by atoms with van der Waals surface area (Å²) in [7, 11) is 1.62. The quantitative estimate of drug-likeness (QED) is 0.312. The van der Waals surface area contributed by atoms with Crippen LogP contribution in [-0.2, 0) is 11.8 Å². The zero-order chi connectivity index (χ0) is 16.2. The molecule has 1 fully saturated rings. The largest absolute Gasteiger partial charge is 0.510 e. The van der Waals surface area contributed by atoms with Crippen molar-refractivity contribution in [3.05, 3.63) is 29.0 Å². The van der Waals surface area contributed by atoms with E-state index in [1.807, 2.05) is 0 Å². The second-order valence-corrected chi connectivity index (χ2v) is 5.18. The van der Waals surface area contributed by atoms with Gasteiger partial charge >= 0.3 is 5.65 Å². The number of hydrogen-bond donors (Lipinski definition) is 5. The van der Waals surface area contributed by atoms with Crippen LogP contribution in [0.4, 0.5) is 5.95 Å². The molecule has 22 heavy (non-hydrogen) atoms. The molecule has 6 N–H and O–H groups in total. The number of hydrogen-bond acceptors (Lipinski definition) is 7. The number of fused-ring (bicyclic) bond motifs is 1. The van der Waals surface area contributed by atoms with Crippen LogP contribution >= 0.6 is 0 Å². The van der Waals surface area contributed by atoms with E-state index in [0.29, 0.717) is 0 Å². The van der Waals surface area contributed by atoms with Crippen molar-refractivity contribution in [2.75, 3.05) is 5.73 Å². The van der Waals surface area contributed by atoms with E-state index in [-0.39, 0.29) is 17.1 Å². The summed E-state index contributed by atoms with van der Waals surface area (Å²) in [5, 5.41) is 29.5. The lowest BCUT2D eigenvalue weighted by atomic mass is 10.1. The molecule has 0 amide bonds. The van der Waals surface area contributed by atoms with Crippen LogP contribution in [0, 0.1) is 0 Å². The number of aromatic amines is 1. The van der Waals surface area contributed by atoms with Crippen LogP contribution < -0.4 is 15.9 Å². The fourth-order valence-corrected chi connectivity index (χ4v) is 2.62. The van der Waals surface area contributed by atoms with E-state index in [1.54, 1.807) is 7.05 Å². The van der Waals surface area contributed by atoms with Gasteiger partial charge in [0.1, 0.15) is 24.1 Å². The Morgan fingerprint density at radius 2 is 2.23 bits per heavy atom. The van der Waals surface area contributed by atoms with Gasteiger partial charge in [-0.25, -0.2) is 4.57 Å². The highest BCUT2D eigenvalue weighted by Crippen LogP contribution is 2.29. The van der Waals surface area contributed by atoms with Gasteiger partial charge in [0.05, 0.1) is 7.05 Å². The van der Waals surface area contributed by atoms with Gasteiger partial charge in [0.25, 0.3) is 11.5 Å². The Morgan fingerprint density at radius 1 is 1.55 bits per heavy atom. The van der Waals surface area contributed by atoms with Crippen LogP contribution in [0.25, 0.3) is 11.2 Å². The van der Waals surface area contributed by atoms with Crippen LogP contribution in [0.2, 0.25) is 0 Å².